The van der Waals surface area contributed by atoms with Crippen molar-refractivity contribution in [3.05, 3.63) is 56.7 Å². The van der Waals surface area contributed by atoms with E-state index in [1.807, 2.05) is 36.4 Å². The Bertz CT molecular complexity index is 541. The first-order valence-electron chi connectivity index (χ1n) is 5.80. The first kappa shape index (κ1) is 14.2. The molecule has 19 heavy (non-hydrogen) atoms. The second kappa shape index (κ2) is 6.84. The molecule has 0 radical (unpaired) electrons. The van der Waals surface area contributed by atoms with Crippen molar-refractivity contribution in [2.24, 2.45) is 0 Å². The van der Waals surface area contributed by atoms with Gasteiger partial charge in [-0.15, -0.1) is 11.3 Å². The Kier molecular flexibility index (Phi) is 5.13. The highest BCUT2D eigenvalue weighted by Crippen LogP contribution is 2.21. The van der Waals surface area contributed by atoms with Gasteiger partial charge in [-0.1, -0.05) is 30.3 Å². The van der Waals surface area contributed by atoms with Gasteiger partial charge >= 0.3 is 5.97 Å². The van der Waals surface area contributed by atoms with Crippen molar-refractivity contribution in [2.75, 3.05) is 7.11 Å². The molecule has 2 rings (SSSR count). The molecule has 0 amide bonds. The normalized spacial score (nSPS) is 12.1. The van der Waals surface area contributed by atoms with Crippen LogP contribution in [0.15, 0.2) is 45.6 Å². The highest BCUT2D eigenvalue weighted by molar-refractivity contribution is 9.11. The van der Waals surface area contributed by atoms with E-state index in [9.17, 15) is 4.79 Å². The second-order valence-electron chi connectivity index (χ2n) is 4.01. The average molecular weight is 340 g/mol. The van der Waals surface area contributed by atoms with Crippen LogP contribution >= 0.6 is 27.3 Å². The third kappa shape index (κ3) is 3.89. The fourth-order valence-corrected chi connectivity index (χ4v) is 2.97. The van der Waals surface area contributed by atoms with Crippen LogP contribution in [-0.4, -0.2) is 13.1 Å². The van der Waals surface area contributed by atoms with Gasteiger partial charge in [0.15, 0.2) is 0 Å². The quantitative estimate of drug-likeness (QED) is 0.847. The van der Waals surface area contributed by atoms with E-state index in [-0.39, 0.29) is 5.97 Å². The van der Waals surface area contributed by atoms with Gasteiger partial charge in [0.25, 0.3) is 0 Å². The van der Waals surface area contributed by atoms with Crippen LogP contribution in [0.1, 0.15) is 17.2 Å². The third-order valence-electron chi connectivity index (χ3n) is 2.70. The van der Waals surface area contributed by atoms with Crippen molar-refractivity contribution < 1.29 is 9.53 Å². The summed E-state index contributed by atoms with van der Waals surface area (Å²) in [6.07, 6.45) is 0. The molecule has 2 aromatic rings. The standard InChI is InChI=1S/C14H14BrNO2S/c1-18-14(17)13(11-5-3-2-4-6-11)16-8-10-7-12(15)19-9-10/h2-7,9,13,16H,8H2,1H3. The topological polar surface area (TPSA) is 38.3 Å². The summed E-state index contributed by atoms with van der Waals surface area (Å²) in [6.45, 7) is 0.622. The maximum atomic E-state index is 11.8. The van der Waals surface area contributed by atoms with Crippen molar-refractivity contribution in [1.82, 2.24) is 5.32 Å². The maximum absolute atomic E-state index is 11.8. The minimum Gasteiger partial charge on any atom is -0.468 e. The number of thiophene rings is 1. The number of rotatable bonds is 5. The molecule has 100 valence electrons. The molecular weight excluding hydrogens is 326 g/mol. The molecule has 1 heterocycles. The summed E-state index contributed by atoms with van der Waals surface area (Å²) in [4.78, 5) is 11.8. The molecule has 5 heteroatoms. The van der Waals surface area contributed by atoms with E-state index < -0.39 is 6.04 Å². The summed E-state index contributed by atoms with van der Waals surface area (Å²) in [5.74, 6) is -0.277. The molecule has 0 bridgehead atoms. The summed E-state index contributed by atoms with van der Waals surface area (Å²) in [5, 5.41) is 5.28. The molecule has 0 aliphatic carbocycles. The molecule has 1 N–H and O–H groups in total. The molecule has 1 atom stereocenters. The average Bonchev–Trinajstić information content (AvgIpc) is 2.85. The van der Waals surface area contributed by atoms with E-state index >= 15 is 0 Å². The lowest BCUT2D eigenvalue weighted by atomic mass is 10.1. The smallest absolute Gasteiger partial charge is 0.327 e. The first-order chi connectivity index (χ1) is 9.20. The number of hydrogen-bond donors (Lipinski definition) is 1. The zero-order valence-electron chi connectivity index (χ0n) is 10.4. The summed E-state index contributed by atoms with van der Waals surface area (Å²) in [6, 6.07) is 11.2. The monoisotopic (exact) mass is 339 g/mol. The van der Waals surface area contributed by atoms with Crippen LogP contribution in [0.4, 0.5) is 0 Å². The summed E-state index contributed by atoms with van der Waals surface area (Å²) >= 11 is 5.05. The molecule has 0 aliphatic rings. The van der Waals surface area contributed by atoms with Crippen LogP contribution in [0, 0.1) is 0 Å². The van der Waals surface area contributed by atoms with E-state index in [0.717, 1.165) is 14.9 Å². The largest absolute Gasteiger partial charge is 0.468 e. The lowest BCUT2D eigenvalue weighted by molar-refractivity contribution is -0.143. The number of methoxy groups -OCH3 is 1. The highest BCUT2D eigenvalue weighted by atomic mass is 79.9. The van der Waals surface area contributed by atoms with Crippen molar-refractivity contribution in [3.63, 3.8) is 0 Å². The van der Waals surface area contributed by atoms with Gasteiger partial charge in [0.2, 0.25) is 0 Å². The van der Waals surface area contributed by atoms with Gasteiger partial charge in [-0.3, -0.25) is 5.32 Å². The zero-order valence-corrected chi connectivity index (χ0v) is 12.8. The molecule has 1 aromatic carbocycles. The molecular formula is C14H14BrNO2S. The number of hydrogen-bond acceptors (Lipinski definition) is 4. The molecule has 1 aromatic heterocycles. The predicted octanol–water partition coefficient (Wildman–Crippen LogP) is 3.51. The Labute approximate surface area is 124 Å². The van der Waals surface area contributed by atoms with Gasteiger partial charge in [0.05, 0.1) is 10.9 Å². The number of halogens is 1. The number of esters is 1. The van der Waals surface area contributed by atoms with Gasteiger partial charge in [-0.25, -0.2) is 4.79 Å². The fourth-order valence-electron chi connectivity index (χ4n) is 1.76. The number of nitrogens with one attached hydrogen (secondary N) is 1. The Morgan fingerprint density at radius 2 is 2.16 bits per heavy atom. The van der Waals surface area contributed by atoms with Crippen molar-refractivity contribution in [1.29, 1.82) is 0 Å². The minimum absolute atomic E-state index is 0.277. The molecule has 3 nitrogen and oxygen atoms in total. The van der Waals surface area contributed by atoms with E-state index in [0.29, 0.717) is 6.54 Å². The number of benzene rings is 1. The Morgan fingerprint density at radius 3 is 2.74 bits per heavy atom. The van der Waals surface area contributed by atoms with E-state index in [2.05, 4.69) is 26.6 Å². The highest BCUT2D eigenvalue weighted by Gasteiger charge is 2.20. The van der Waals surface area contributed by atoms with Crippen LogP contribution in [0.25, 0.3) is 0 Å². The van der Waals surface area contributed by atoms with Crippen LogP contribution in [0.2, 0.25) is 0 Å². The van der Waals surface area contributed by atoms with Gasteiger partial charge in [-0.2, -0.15) is 0 Å². The second-order valence-corrected chi connectivity index (χ2v) is 6.30. The molecule has 0 spiro atoms. The fraction of sp³-hybridized carbons (Fsp3) is 0.214. The minimum atomic E-state index is -0.440. The lowest BCUT2D eigenvalue weighted by Crippen LogP contribution is -2.29. The van der Waals surface area contributed by atoms with E-state index in [4.69, 9.17) is 4.74 Å². The Hall–Kier alpha value is -1.17. The predicted molar refractivity (Wildman–Crippen MR) is 80.1 cm³/mol. The number of carbonyl (C=O) groups excluding carboxylic acids is 1. The maximum Gasteiger partial charge on any atom is 0.327 e. The third-order valence-corrected chi connectivity index (χ3v) is 4.26. The molecule has 0 saturated carbocycles. The summed E-state index contributed by atoms with van der Waals surface area (Å²) in [7, 11) is 1.40. The molecule has 0 saturated heterocycles. The molecule has 0 aliphatic heterocycles. The van der Waals surface area contributed by atoms with Crippen LogP contribution < -0.4 is 5.32 Å². The number of ether oxygens (including phenoxy) is 1. The van der Waals surface area contributed by atoms with Crippen LogP contribution in [0.3, 0.4) is 0 Å². The zero-order chi connectivity index (χ0) is 13.7. The SMILES string of the molecule is COC(=O)C(NCc1csc(Br)c1)c1ccccc1. The molecule has 1 unspecified atom stereocenters. The van der Waals surface area contributed by atoms with Gasteiger partial charge < -0.3 is 4.74 Å². The van der Waals surface area contributed by atoms with Crippen molar-refractivity contribution in [2.45, 2.75) is 12.6 Å². The Balaban J connectivity index is 2.09. The van der Waals surface area contributed by atoms with Gasteiger partial charge in [-0.05, 0) is 38.5 Å². The van der Waals surface area contributed by atoms with Gasteiger partial charge in [0, 0.05) is 6.54 Å². The van der Waals surface area contributed by atoms with E-state index in [1.54, 1.807) is 11.3 Å². The molecule has 0 fully saturated rings. The number of carbonyl (C=O) groups is 1. The van der Waals surface area contributed by atoms with Crippen molar-refractivity contribution >= 4 is 33.2 Å². The van der Waals surface area contributed by atoms with Gasteiger partial charge in [0.1, 0.15) is 6.04 Å². The van der Waals surface area contributed by atoms with Crippen LogP contribution in [0.5, 0.6) is 0 Å². The van der Waals surface area contributed by atoms with E-state index in [1.165, 1.54) is 7.11 Å². The Morgan fingerprint density at radius 1 is 1.42 bits per heavy atom. The van der Waals surface area contributed by atoms with Crippen molar-refractivity contribution in [3.8, 4) is 0 Å². The summed E-state index contributed by atoms with van der Waals surface area (Å²) in [5.41, 5.74) is 2.05. The lowest BCUT2D eigenvalue weighted by Gasteiger charge is -2.16. The summed E-state index contributed by atoms with van der Waals surface area (Å²) < 4.78 is 5.93. The first-order valence-corrected chi connectivity index (χ1v) is 7.47. The van der Waals surface area contributed by atoms with Crippen LogP contribution in [-0.2, 0) is 16.1 Å².